The Bertz CT molecular complexity index is 513. The zero-order valence-electron chi connectivity index (χ0n) is 10.4. The maximum Gasteiger partial charge on any atom is 0.147 e. The summed E-state index contributed by atoms with van der Waals surface area (Å²) < 4.78 is 0. The maximum atomic E-state index is 8.88. The number of oxime groups is 1. The van der Waals surface area contributed by atoms with Gasteiger partial charge in [-0.3, -0.25) is 4.98 Å². The molecule has 1 aromatic carbocycles. The first-order valence-electron chi connectivity index (χ1n) is 5.91. The molecular formula is C13H16N4OS. The number of benzene rings is 1. The predicted octanol–water partition coefficient (Wildman–Crippen LogP) is 1.76. The summed E-state index contributed by atoms with van der Waals surface area (Å²) in [5, 5.41) is 15.3. The van der Waals surface area contributed by atoms with E-state index in [4.69, 9.17) is 10.9 Å². The number of nitrogens with zero attached hydrogens (tertiary/aromatic N) is 2. The average molecular weight is 276 g/mol. The Morgan fingerprint density at radius 2 is 2.21 bits per heavy atom. The first-order valence-corrected chi connectivity index (χ1v) is 6.79. The maximum absolute atomic E-state index is 8.88. The minimum atomic E-state index is -0.140. The molecule has 19 heavy (non-hydrogen) atoms. The van der Waals surface area contributed by atoms with E-state index in [0.717, 1.165) is 17.0 Å². The molecule has 0 fully saturated rings. The third-order valence-corrected chi connectivity index (χ3v) is 3.59. The van der Waals surface area contributed by atoms with E-state index >= 15 is 0 Å². The molecule has 1 atom stereocenters. The number of nitrogens with two attached hydrogens (primary N) is 1. The van der Waals surface area contributed by atoms with Crippen molar-refractivity contribution < 1.29 is 5.21 Å². The highest BCUT2D eigenvalue weighted by Crippen LogP contribution is 2.15. The van der Waals surface area contributed by atoms with Crippen molar-refractivity contribution in [2.24, 2.45) is 10.9 Å². The van der Waals surface area contributed by atoms with Crippen LogP contribution in [0.4, 0.5) is 0 Å². The van der Waals surface area contributed by atoms with Gasteiger partial charge in [0.2, 0.25) is 0 Å². The normalized spacial score (nSPS) is 13.4. The van der Waals surface area contributed by atoms with Crippen molar-refractivity contribution in [1.82, 2.24) is 10.3 Å². The van der Waals surface area contributed by atoms with Crippen LogP contribution in [0.25, 0.3) is 0 Å². The number of rotatable bonds is 6. The fraction of sp³-hybridized carbons (Fsp3) is 0.231. The van der Waals surface area contributed by atoms with E-state index in [-0.39, 0.29) is 11.8 Å². The van der Waals surface area contributed by atoms with Crippen molar-refractivity contribution in [1.29, 1.82) is 0 Å². The third kappa shape index (κ3) is 3.77. The third-order valence-electron chi connectivity index (χ3n) is 2.81. The van der Waals surface area contributed by atoms with E-state index < -0.39 is 0 Å². The standard InChI is InChI=1S/C13H16N4OS/c14-13(17-18)12(10-4-2-1-3-5-10)8-15-6-11-7-16-9-19-11/h1-5,7,9,12,15,18H,6,8H2,(H2,14,17). The van der Waals surface area contributed by atoms with Crippen LogP contribution in [0.15, 0.2) is 47.2 Å². The lowest BCUT2D eigenvalue weighted by molar-refractivity contribution is 0.315. The summed E-state index contributed by atoms with van der Waals surface area (Å²) in [4.78, 5) is 5.18. The highest BCUT2D eigenvalue weighted by atomic mass is 32.1. The topological polar surface area (TPSA) is 83.5 Å². The lowest BCUT2D eigenvalue weighted by Crippen LogP contribution is -2.31. The molecule has 0 amide bonds. The van der Waals surface area contributed by atoms with Crippen LogP contribution in [0.1, 0.15) is 16.4 Å². The first kappa shape index (κ1) is 13.5. The fourth-order valence-electron chi connectivity index (χ4n) is 1.82. The van der Waals surface area contributed by atoms with Gasteiger partial charge in [0.05, 0.1) is 11.4 Å². The SMILES string of the molecule is N/C(=N/O)C(CNCc1cncs1)c1ccccc1. The zero-order valence-corrected chi connectivity index (χ0v) is 11.2. The van der Waals surface area contributed by atoms with Crippen molar-refractivity contribution in [3.05, 3.63) is 52.5 Å². The highest BCUT2D eigenvalue weighted by molar-refractivity contribution is 7.09. The number of thiazole rings is 1. The number of aromatic nitrogens is 1. The Hall–Kier alpha value is -1.92. The molecule has 0 spiro atoms. The van der Waals surface area contributed by atoms with Gasteiger partial charge in [0, 0.05) is 24.2 Å². The lowest BCUT2D eigenvalue weighted by atomic mass is 9.98. The molecule has 0 bridgehead atoms. The van der Waals surface area contributed by atoms with Gasteiger partial charge in [-0.15, -0.1) is 11.3 Å². The van der Waals surface area contributed by atoms with Gasteiger partial charge in [0.25, 0.3) is 0 Å². The fourth-order valence-corrected chi connectivity index (χ4v) is 2.38. The van der Waals surface area contributed by atoms with E-state index in [1.165, 1.54) is 0 Å². The van der Waals surface area contributed by atoms with Crippen LogP contribution in [-0.2, 0) is 6.54 Å². The minimum absolute atomic E-state index is 0.140. The molecule has 1 heterocycles. The van der Waals surface area contributed by atoms with Gasteiger partial charge in [-0.2, -0.15) is 0 Å². The van der Waals surface area contributed by atoms with E-state index in [0.29, 0.717) is 6.54 Å². The Balaban J connectivity index is 1.99. The molecule has 2 rings (SSSR count). The summed E-state index contributed by atoms with van der Waals surface area (Å²) in [5.41, 5.74) is 8.58. The van der Waals surface area contributed by atoms with Crippen molar-refractivity contribution in [3.8, 4) is 0 Å². The number of hydrogen-bond acceptors (Lipinski definition) is 5. The quantitative estimate of drug-likeness (QED) is 0.325. The van der Waals surface area contributed by atoms with Crippen LogP contribution in [0.5, 0.6) is 0 Å². The first-order chi connectivity index (χ1) is 9.31. The van der Waals surface area contributed by atoms with Crippen molar-refractivity contribution >= 4 is 17.2 Å². The van der Waals surface area contributed by atoms with Gasteiger partial charge in [-0.25, -0.2) is 0 Å². The van der Waals surface area contributed by atoms with Crippen LogP contribution in [0.2, 0.25) is 0 Å². The lowest BCUT2D eigenvalue weighted by Gasteiger charge is -2.16. The van der Waals surface area contributed by atoms with E-state index in [9.17, 15) is 0 Å². The smallest absolute Gasteiger partial charge is 0.147 e. The highest BCUT2D eigenvalue weighted by Gasteiger charge is 2.15. The van der Waals surface area contributed by atoms with Crippen molar-refractivity contribution in [3.63, 3.8) is 0 Å². The van der Waals surface area contributed by atoms with Crippen molar-refractivity contribution in [2.45, 2.75) is 12.5 Å². The average Bonchev–Trinajstić information content (AvgIpc) is 2.97. The molecule has 0 aliphatic heterocycles. The number of amidine groups is 1. The second kappa shape index (κ2) is 6.86. The van der Waals surface area contributed by atoms with Gasteiger partial charge >= 0.3 is 0 Å². The zero-order chi connectivity index (χ0) is 13.5. The van der Waals surface area contributed by atoms with Gasteiger partial charge in [-0.1, -0.05) is 35.5 Å². The van der Waals surface area contributed by atoms with Gasteiger partial charge in [0.1, 0.15) is 5.84 Å². The second-order valence-electron chi connectivity index (χ2n) is 4.09. The molecule has 0 radical (unpaired) electrons. The summed E-state index contributed by atoms with van der Waals surface area (Å²) in [6.07, 6.45) is 1.83. The molecule has 0 aliphatic carbocycles. The number of hydrogen-bond donors (Lipinski definition) is 3. The Morgan fingerprint density at radius 1 is 1.42 bits per heavy atom. The Labute approximate surface area is 115 Å². The molecule has 100 valence electrons. The molecule has 4 N–H and O–H groups in total. The van der Waals surface area contributed by atoms with Gasteiger partial charge in [0.15, 0.2) is 0 Å². The molecule has 0 aliphatic rings. The minimum Gasteiger partial charge on any atom is -0.409 e. The molecule has 0 saturated carbocycles. The second-order valence-corrected chi connectivity index (χ2v) is 5.06. The molecule has 2 aromatic rings. The summed E-state index contributed by atoms with van der Waals surface area (Å²) in [7, 11) is 0. The molecule has 5 nitrogen and oxygen atoms in total. The van der Waals surface area contributed by atoms with Crippen LogP contribution in [0.3, 0.4) is 0 Å². The number of nitrogens with one attached hydrogen (secondary N) is 1. The molecule has 1 unspecified atom stereocenters. The molecular weight excluding hydrogens is 260 g/mol. The van der Waals surface area contributed by atoms with Crippen LogP contribution >= 0.6 is 11.3 Å². The summed E-state index contributed by atoms with van der Waals surface area (Å²) >= 11 is 1.60. The van der Waals surface area contributed by atoms with Gasteiger partial charge < -0.3 is 16.3 Å². The Morgan fingerprint density at radius 3 is 2.84 bits per heavy atom. The largest absolute Gasteiger partial charge is 0.409 e. The summed E-state index contributed by atoms with van der Waals surface area (Å²) in [6.45, 7) is 1.34. The van der Waals surface area contributed by atoms with Gasteiger partial charge in [-0.05, 0) is 5.56 Å². The monoisotopic (exact) mass is 276 g/mol. The van der Waals surface area contributed by atoms with Crippen LogP contribution < -0.4 is 11.1 Å². The van der Waals surface area contributed by atoms with E-state index in [1.54, 1.807) is 16.8 Å². The molecule has 1 aromatic heterocycles. The van der Waals surface area contributed by atoms with E-state index in [2.05, 4.69) is 15.5 Å². The van der Waals surface area contributed by atoms with Crippen LogP contribution in [-0.4, -0.2) is 22.6 Å². The summed E-state index contributed by atoms with van der Waals surface area (Å²) in [5.74, 6) is 0.0714. The van der Waals surface area contributed by atoms with Crippen molar-refractivity contribution in [2.75, 3.05) is 6.54 Å². The van der Waals surface area contributed by atoms with Crippen LogP contribution in [0, 0.1) is 0 Å². The predicted molar refractivity (Wildman–Crippen MR) is 76.4 cm³/mol. The summed E-state index contributed by atoms with van der Waals surface area (Å²) in [6, 6.07) is 9.76. The molecule has 6 heteroatoms. The molecule has 0 saturated heterocycles. The Kier molecular flexibility index (Phi) is 4.88. The van der Waals surface area contributed by atoms with E-state index in [1.807, 2.05) is 36.5 Å².